The molecule has 0 spiro atoms. The molecule has 92 valence electrons. The number of fused-ring (bicyclic) bond motifs is 2. The average Bonchev–Trinajstić information content (AvgIpc) is 2.52. The highest BCUT2D eigenvalue weighted by Gasteiger charge is 2.42. The van der Waals surface area contributed by atoms with Crippen molar-refractivity contribution in [1.29, 1.82) is 0 Å². The molecule has 2 heterocycles. The van der Waals surface area contributed by atoms with Gasteiger partial charge in [-0.15, -0.1) is 0 Å². The second-order valence-electron chi connectivity index (χ2n) is 4.91. The summed E-state index contributed by atoms with van der Waals surface area (Å²) in [5, 5.41) is 12.8. The second kappa shape index (κ2) is 5.15. The van der Waals surface area contributed by atoms with Gasteiger partial charge in [-0.1, -0.05) is 6.92 Å². The van der Waals surface area contributed by atoms with E-state index >= 15 is 0 Å². The van der Waals surface area contributed by atoms with Crippen LogP contribution < -0.4 is 5.32 Å². The third-order valence-corrected chi connectivity index (χ3v) is 3.76. The number of hydrogen-bond donors (Lipinski definition) is 2. The first kappa shape index (κ1) is 11.9. The molecule has 2 aliphatic heterocycles. The molecule has 16 heavy (non-hydrogen) atoms. The maximum absolute atomic E-state index is 12.0. The van der Waals surface area contributed by atoms with Crippen LogP contribution in [0.5, 0.6) is 0 Å². The van der Waals surface area contributed by atoms with E-state index in [9.17, 15) is 9.90 Å². The van der Waals surface area contributed by atoms with E-state index in [4.69, 9.17) is 0 Å². The van der Waals surface area contributed by atoms with Gasteiger partial charge in [-0.3, -0.25) is 4.79 Å². The number of nitrogens with one attached hydrogen (secondary N) is 1. The Labute approximate surface area is 97.0 Å². The minimum Gasteiger partial charge on any atom is -0.393 e. The van der Waals surface area contributed by atoms with Crippen LogP contribution in [0.25, 0.3) is 0 Å². The van der Waals surface area contributed by atoms with E-state index in [1.54, 1.807) is 0 Å². The lowest BCUT2D eigenvalue weighted by Gasteiger charge is -2.37. The molecular formula is C12H22N2O2. The first-order valence-corrected chi connectivity index (χ1v) is 6.42. The van der Waals surface area contributed by atoms with Crippen molar-refractivity contribution in [3.05, 3.63) is 0 Å². The van der Waals surface area contributed by atoms with Crippen LogP contribution in [0, 0.1) is 0 Å². The van der Waals surface area contributed by atoms with Crippen molar-refractivity contribution in [3.8, 4) is 0 Å². The molecule has 2 saturated heterocycles. The van der Waals surface area contributed by atoms with Gasteiger partial charge in [0.05, 0.1) is 6.10 Å². The zero-order valence-electron chi connectivity index (χ0n) is 9.98. The lowest BCUT2D eigenvalue weighted by molar-refractivity contribution is -0.137. The zero-order valence-corrected chi connectivity index (χ0v) is 9.98. The van der Waals surface area contributed by atoms with Gasteiger partial charge in [-0.25, -0.2) is 0 Å². The van der Waals surface area contributed by atoms with Crippen molar-refractivity contribution >= 4 is 5.91 Å². The van der Waals surface area contributed by atoms with Crippen LogP contribution in [0.1, 0.15) is 39.0 Å². The number of hydrogen-bond acceptors (Lipinski definition) is 3. The van der Waals surface area contributed by atoms with Gasteiger partial charge < -0.3 is 15.3 Å². The molecule has 2 unspecified atom stereocenters. The summed E-state index contributed by atoms with van der Waals surface area (Å²) in [6.07, 6.45) is 4.13. The minimum absolute atomic E-state index is 0.185. The number of rotatable bonds is 4. The molecule has 2 aliphatic rings. The van der Waals surface area contributed by atoms with Gasteiger partial charge >= 0.3 is 0 Å². The van der Waals surface area contributed by atoms with Crippen molar-refractivity contribution in [2.45, 2.75) is 57.2 Å². The number of carbonyl (C=O) groups is 1. The van der Waals surface area contributed by atoms with E-state index in [1.807, 2.05) is 11.8 Å². The largest absolute Gasteiger partial charge is 0.393 e. The highest BCUT2D eigenvalue weighted by atomic mass is 16.3. The number of carbonyl (C=O) groups excluding carboxylic acids is 1. The average molecular weight is 226 g/mol. The predicted octanol–water partition coefficient (Wildman–Crippen LogP) is 0.500. The van der Waals surface area contributed by atoms with E-state index < -0.39 is 0 Å². The molecule has 2 N–H and O–H groups in total. The lowest BCUT2D eigenvalue weighted by Crippen LogP contribution is -2.48. The van der Waals surface area contributed by atoms with E-state index in [0.29, 0.717) is 18.5 Å². The van der Waals surface area contributed by atoms with Gasteiger partial charge in [0.2, 0.25) is 5.91 Å². The second-order valence-corrected chi connectivity index (χ2v) is 4.91. The highest BCUT2D eigenvalue weighted by Crippen LogP contribution is 2.35. The topological polar surface area (TPSA) is 52.6 Å². The predicted molar refractivity (Wildman–Crippen MR) is 62.1 cm³/mol. The molecule has 1 amide bonds. The fraction of sp³-hybridized carbons (Fsp3) is 0.917. The molecule has 2 bridgehead atoms. The Morgan fingerprint density at radius 1 is 1.38 bits per heavy atom. The number of amides is 1. The van der Waals surface area contributed by atoms with E-state index in [2.05, 4.69) is 5.32 Å². The van der Waals surface area contributed by atoms with Crippen molar-refractivity contribution in [3.63, 3.8) is 0 Å². The van der Waals surface area contributed by atoms with Gasteiger partial charge in [0.25, 0.3) is 0 Å². The van der Waals surface area contributed by atoms with Crippen molar-refractivity contribution in [1.82, 2.24) is 10.2 Å². The number of nitrogens with zero attached hydrogens (tertiary/aromatic N) is 1. The summed E-state index contributed by atoms with van der Waals surface area (Å²) < 4.78 is 0. The molecular weight excluding hydrogens is 204 g/mol. The molecule has 0 radical (unpaired) electrons. The van der Waals surface area contributed by atoms with E-state index in [1.165, 1.54) is 0 Å². The quantitative estimate of drug-likeness (QED) is 0.686. The Hall–Kier alpha value is -0.610. The molecule has 0 saturated carbocycles. The molecule has 2 rings (SSSR count). The molecule has 0 aromatic carbocycles. The summed E-state index contributed by atoms with van der Waals surface area (Å²) in [5.74, 6) is 0.264. The summed E-state index contributed by atoms with van der Waals surface area (Å²) in [6, 6.07) is 0.616. The fourth-order valence-electron chi connectivity index (χ4n) is 3.06. The fourth-order valence-corrected chi connectivity index (χ4v) is 3.06. The van der Waals surface area contributed by atoms with E-state index in [-0.39, 0.29) is 12.0 Å². The maximum atomic E-state index is 12.0. The van der Waals surface area contributed by atoms with Gasteiger partial charge in [0.1, 0.15) is 0 Å². The van der Waals surface area contributed by atoms with Crippen molar-refractivity contribution in [2.24, 2.45) is 0 Å². The maximum Gasteiger partial charge on any atom is 0.224 e. The van der Waals surface area contributed by atoms with Crippen LogP contribution in [0.15, 0.2) is 0 Å². The molecule has 0 aromatic rings. The van der Waals surface area contributed by atoms with E-state index in [0.717, 1.165) is 38.8 Å². The van der Waals surface area contributed by atoms with Gasteiger partial charge in [-0.05, 0) is 32.2 Å². The summed E-state index contributed by atoms with van der Waals surface area (Å²) in [6.45, 7) is 3.73. The van der Waals surface area contributed by atoms with Gasteiger partial charge in [0, 0.05) is 25.0 Å². The van der Waals surface area contributed by atoms with Gasteiger partial charge in [0.15, 0.2) is 0 Å². The Balaban J connectivity index is 1.87. The molecule has 2 atom stereocenters. The lowest BCUT2D eigenvalue weighted by atomic mass is 9.99. The Bertz CT molecular complexity index is 243. The summed E-state index contributed by atoms with van der Waals surface area (Å²) in [7, 11) is 0. The molecule has 0 aliphatic carbocycles. The number of aliphatic hydroxyl groups excluding tert-OH is 1. The van der Waals surface area contributed by atoms with Gasteiger partial charge in [-0.2, -0.15) is 0 Å². The number of piperidine rings is 1. The van der Waals surface area contributed by atoms with Crippen LogP contribution in [0.3, 0.4) is 0 Å². The Morgan fingerprint density at radius 2 is 2.00 bits per heavy atom. The first-order chi connectivity index (χ1) is 7.72. The summed E-state index contributed by atoms with van der Waals surface area (Å²) in [5.41, 5.74) is 0. The zero-order chi connectivity index (χ0) is 11.5. The van der Waals surface area contributed by atoms with Crippen LogP contribution in [0.4, 0.5) is 0 Å². The summed E-state index contributed by atoms with van der Waals surface area (Å²) >= 11 is 0. The van der Waals surface area contributed by atoms with Crippen LogP contribution in [-0.4, -0.2) is 47.2 Å². The SMILES string of the molecule is CCNCCC(=O)N1C2CCC1CC(O)C2. The standard InChI is InChI=1S/C12H22N2O2/c1-2-13-6-5-12(16)14-9-3-4-10(14)8-11(15)7-9/h9-11,13,15H,2-8H2,1H3. The normalized spacial score (nSPS) is 33.1. The number of aliphatic hydroxyl groups is 1. The van der Waals surface area contributed by atoms with Crippen LogP contribution >= 0.6 is 0 Å². The minimum atomic E-state index is -0.185. The Morgan fingerprint density at radius 3 is 2.56 bits per heavy atom. The third-order valence-electron chi connectivity index (χ3n) is 3.76. The van der Waals surface area contributed by atoms with Crippen LogP contribution in [-0.2, 0) is 4.79 Å². The molecule has 0 aromatic heterocycles. The van der Waals surface area contributed by atoms with Crippen molar-refractivity contribution in [2.75, 3.05) is 13.1 Å². The highest BCUT2D eigenvalue weighted by molar-refractivity contribution is 5.77. The van der Waals surface area contributed by atoms with Crippen molar-refractivity contribution < 1.29 is 9.90 Å². The molecule has 4 heteroatoms. The smallest absolute Gasteiger partial charge is 0.224 e. The molecule has 2 fully saturated rings. The third kappa shape index (κ3) is 2.38. The summed E-state index contributed by atoms with van der Waals surface area (Å²) in [4.78, 5) is 14.1. The first-order valence-electron chi connectivity index (χ1n) is 6.42. The molecule has 4 nitrogen and oxygen atoms in total. The monoisotopic (exact) mass is 226 g/mol. The Kier molecular flexibility index (Phi) is 3.82. The van der Waals surface area contributed by atoms with Crippen LogP contribution in [0.2, 0.25) is 0 Å².